The number of rotatable bonds is 4. The molecule has 3 heterocycles. The summed E-state index contributed by atoms with van der Waals surface area (Å²) in [6.07, 6.45) is 0. The van der Waals surface area contributed by atoms with E-state index in [9.17, 15) is 4.79 Å². The first-order chi connectivity index (χ1) is 12.6. The molecule has 4 rings (SSSR count). The fourth-order valence-electron chi connectivity index (χ4n) is 3.60. The van der Waals surface area contributed by atoms with Crippen molar-refractivity contribution in [2.24, 2.45) is 0 Å². The minimum Gasteiger partial charge on any atom is -0.297 e. The molecular weight excluding hydrogens is 344 g/mol. The van der Waals surface area contributed by atoms with E-state index < -0.39 is 0 Å². The summed E-state index contributed by atoms with van der Waals surface area (Å²) in [7, 11) is 0. The van der Waals surface area contributed by atoms with Crippen molar-refractivity contribution in [2.75, 3.05) is 26.2 Å². The Hall–Kier alpha value is -2.02. The van der Waals surface area contributed by atoms with Crippen LogP contribution in [0.25, 0.3) is 10.2 Å². The minimum atomic E-state index is 0.0988. The first-order valence-electron chi connectivity index (χ1n) is 9.07. The lowest BCUT2D eigenvalue weighted by Crippen LogP contribution is -2.46. The Bertz CT molecular complexity index is 955. The van der Waals surface area contributed by atoms with E-state index in [0.29, 0.717) is 6.67 Å². The first-order valence-corrected chi connectivity index (χ1v) is 9.84. The van der Waals surface area contributed by atoms with Gasteiger partial charge in [0.15, 0.2) is 0 Å². The van der Waals surface area contributed by atoms with Crippen LogP contribution in [0.3, 0.4) is 0 Å². The molecule has 136 valence electrons. The Kier molecular flexibility index (Phi) is 4.89. The fraction of sp³-hybridized carbons (Fsp3) is 0.400. The number of piperazine rings is 1. The molecule has 26 heavy (non-hydrogen) atoms. The summed E-state index contributed by atoms with van der Waals surface area (Å²) in [6.45, 7) is 9.68. The van der Waals surface area contributed by atoms with Crippen molar-refractivity contribution in [1.82, 2.24) is 18.7 Å². The molecule has 1 aromatic carbocycles. The molecule has 0 atom stereocenters. The zero-order valence-electron chi connectivity index (χ0n) is 15.3. The molecular formula is C20H24N4OS. The van der Waals surface area contributed by atoms with E-state index in [1.54, 1.807) is 0 Å². The maximum atomic E-state index is 12.7. The van der Waals surface area contributed by atoms with Gasteiger partial charge in [-0.2, -0.15) is 0 Å². The second-order valence-corrected chi connectivity index (χ2v) is 8.07. The smallest absolute Gasteiger partial charge is 0.271 e. The fourth-order valence-corrected chi connectivity index (χ4v) is 4.73. The van der Waals surface area contributed by atoms with Crippen LogP contribution in [0, 0.1) is 13.8 Å². The summed E-state index contributed by atoms with van der Waals surface area (Å²) in [4.78, 5) is 23.0. The standard InChI is InChI=1S/C20H24N4OS/c1-15-12-16(2)21-19-18(15)20(25)24(26-19)14-23-10-8-22(9-11-23)13-17-6-4-3-5-7-17/h3-7,12H,8-11,13-14H2,1-2H3. The summed E-state index contributed by atoms with van der Waals surface area (Å²) < 4.78 is 1.86. The van der Waals surface area contributed by atoms with E-state index in [1.165, 1.54) is 17.1 Å². The van der Waals surface area contributed by atoms with Gasteiger partial charge in [0.2, 0.25) is 0 Å². The van der Waals surface area contributed by atoms with Crippen LogP contribution < -0.4 is 5.56 Å². The number of fused-ring (bicyclic) bond motifs is 1. The number of benzene rings is 1. The summed E-state index contributed by atoms with van der Waals surface area (Å²) in [5.74, 6) is 0. The lowest BCUT2D eigenvalue weighted by atomic mass is 10.2. The zero-order valence-corrected chi connectivity index (χ0v) is 16.1. The molecule has 1 aliphatic heterocycles. The summed E-state index contributed by atoms with van der Waals surface area (Å²) in [5.41, 5.74) is 3.46. The molecule has 1 saturated heterocycles. The third kappa shape index (κ3) is 3.58. The van der Waals surface area contributed by atoms with Crippen molar-refractivity contribution in [3.05, 3.63) is 63.6 Å². The Morgan fingerprint density at radius 2 is 1.73 bits per heavy atom. The maximum absolute atomic E-state index is 12.7. The van der Waals surface area contributed by atoms with Gasteiger partial charge >= 0.3 is 0 Å². The predicted molar refractivity (Wildman–Crippen MR) is 107 cm³/mol. The van der Waals surface area contributed by atoms with Gasteiger partial charge in [-0.15, -0.1) is 0 Å². The molecule has 3 aromatic rings. The molecule has 0 N–H and O–H groups in total. The van der Waals surface area contributed by atoms with Gasteiger partial charge in [0.1, 0.15) is 4.83 Å². The van der Waals surface area contributed by atoms with Gasteiger partial charge in [0, 0.05) is 38.4 Å². The van der Waals surface area contributed by atoms with Crippen molar-refractivity contribution in [2.45, 2.75) is 27.1 Å². The quantitative estimate of drug-likeness (QED) is 0.710. The van der Waals surface area contributed by atoms with Crippen LogP contribution in [0.5, 0.6) is 0 Å². The molecule has 0 bridgehead atoms. The lowest BCUT2D eigenvalue weighted by Gasteiger charge is -2.34. The van der Waals surface area contributed by atoms with E-state index >= 15 is 0 Å². The highest BCUT2D eigenvalue weighted by molar-refractivity contribution is 7.13. The molecule has 6 heteroatoms. The van der Waals surface area contributed by atoms with Crippen LogP contribution in [-0.2, 0) is 13.2 Å². The average molecular weight is 369 g/mol. The van der Waals surface area contributed by atoms with Crippen LogP contribution in [0.2, 0.25) is 0 Å². The van der Waals surface area contributed by atoms with Crippen LogP contribution in [0.1, 0.15) is 16.8 Å². The first kappa shape index (κ1) is 17.4. The molecule has 0 unspecified atom stereocenters. The highest BCUT2D eigenvalue weighted by Gasteiger charge is 2.19. The normalized spacial score (nSPS) is 16.4. The van der Waals surface area contributed by atoms with E-state index in [0.717, 1.165) is 54.2 Å². The minimum absolute atomic E-state index is 0.0988. The second-order valence-electron chi connectivity index (χ2n) is 7.06. The van der Waals surface area contributed by atoms with Crippen LogP contribution in [0.4, 0.5) is 0 Å². The summed E-state index contributed by atoms with van der Waals surface area (Å²) in [5, 5.41) is 0.781. The van der Waals surface area contributed by atoms with Crippen LogP contribution in [-0.4, -0.2) is 44.9 Å². The molecule has 2 aromatic heterocycles. The average Bonchev–Trinajstić information content (AvgIpc) is 2.93. The Morgan fingerprint density at radius 3 is 2.46 bits per heavy atom. The topological polar surface area (TPSA) is 41.4 Å². The van der Waals surface area contributed by atoms with Crippen LogP contribution >= 0.6 is 11.5 Å². The largest absolute Gasteiger partial charge is 0.297 e. The van der Waals surface area contributed by atoms with Crippen molar-refractivity contribution in [3.63, 3.8) is 0 Å². The highest BCUT2D eigenvalue weighted by atomic mass is 32.1. The molecule has 0 aliphatic carbocycles. The van der Waals surface area contributed by atoms with E-state index in [1.807, 2.05) is 23.9 Å². The monoisotopic (exact) mass is 368 g/mol. The third-order valence-electron chi connectivity index (χ3n) is 4.99. The molecule has 1 fully saturated rings. The summed E-state index contributed by atoms with van der Waals surface area (Å²) >= 11 is 1.49. The van der Waals surface area contributed by atoms with Gasteiger partial charge in [-0.1, -0.05) is 30.3 Å². The second kappa shape index (κ2) is 7.31. The Morgan fingerprint density at radius 1 is 1.04 bits per heavy atom. The number of aromatic nitrogens is 2. The van der Waals surface area contributed by atoms with Crippen molar-refractivity contribution < 1.29 is 0 Å². The third-order valence-corrected chi connectivity index (χ3v) is 5.96. The number of pyridine rings is 1. The zero-order chi connectivity index (χ0) is 18.1. The molecule has 5 nitrogen and oxygen atoms in total. The number of hydrogen-bond acceptors (Lipinski definition) is 5. The van der Waals surface area contributed by atoms with E-state index in [4.69, 9.17) is 0 Å². The SMILES string of the molecule is Cc1cc(C)c2c(=O)n(CN3CCN(Cc4ccccc4)CC3)sc2n1. The van der Waals surface area contributed by atoms with E-state index in [2.05, 4.69) is 45.1 Å². The van der Waals surface area contributed by atoms with Gasteiger partial charge in [0.25, 0.3) is 5.56 Å². The molecule has 0 spiro atoms. The van der Waals surface area contributed by atoms with Crippen molar-refractivity contribution in [3.8, 4) is 0 Å². The Balaban J connectivity index is 1.42. The van der Waals surface area contributed by atoms with Gasteiger partial charge in [-0.05, 0) is 42.6 Å². The number of nitrogens with zero attached hydrogens (tertiary/aromatic N) is 4. The van der Waals surface area contributed by atoms with Gasteiger partial charge in [-0.3, -0.25) is 14.6 Å². The highest BCUT2D eigenvalue weighted by Crippen LogP contribution is 2.19. The molecule has 1 aliphatic rings. The maximum Gasteiger partial charge on any atom is 0.271 e. The number of aryl methyl sites for hydroxylation is 2. The van der Waals surface area contributed by atoms with Crippen molar-refractivity contribution in [1.29, 1.82) is 0 Å². The number of hydrogen-bond donors (Lipinski definition) is 0. The molecule has 0 radical (unpaired) electrons. The Labute approximate surface area is 157 Å². The van der Waals surface area contributed by atoms with Crippen molar-refractivity contribution >= 4 is 21.7 Å². The summed E-state index contributed by atoms with van der Waals surface area (Å²) in [6, 6.07) is 12.6. The van der Waals surface area contributed by atoms with Gasteiger partial charge in [-0.25, -0.2) is 8.94 Å². The molecule has 0 amide bonds. The van der Waals surface area contributed by atoms with Gasteiger partial charge < -0.3 is 0 Å². The van der Waals surface area contributed by atoms with Crippen LogP contribution in [0.15, 0.2) is 41.2 Å². The molecule has 0 saturated carbocycles. The van der Waals surface area contributed by atoms with Gasteiger partial charge in [0.05, 0.1) is 12.1 Å². The predicted octanol–water partition coefficient (Wildman–Crippen LogP) is 2.85. The lowest BCUT2D eigenvalue weighted by molar-refractivity contribution is 0.105. The van der Waals surface area contributed by atoms with E-state index in [-0.39, 0.29) is 5.56 Å².